The molecular formula is C23H17Cl2F3N2O2S. The number of carbonyl (C=O) groups excluding carboxylic acids is 2. The molecule has 1 atom stereocenters. The maximum Gasteiger partial charge on any atom is 0.416 e. The molecule has 172 valence electrons. The largest absolute Gasteiger partial charge is 0.416 e. The number of halogens is 5. The molecule has 0 saturated carbocycles. The van der Waals surface area contributed by atoms with Crippen LogP contribution >= 0.6 is 35.0 Å². The zero-order valence-electron chi connectivity index (χ0n) is 17.0. The van der Waals surface area contributed by atoms with Crippen LogP contribution in [0.15, 0.2) is 71.6 Å². The standard InChI is InChI=1S/C23H17Cl2F3N2O2S/c1-13(21(31)29-16-5-2-4-14(10-16)23(26,27)28)33-18-7-3-6-17(12-18)30-22(32)19-9-8-15(24)11-20(19)25/h2-13H,1H3,(H,29,31)(H,30,32). The van der Waals surface area contributed by atoms with Gasteiger partial charge in [-0.15, -0.1) is 11.8 Å². The van der Waals surface area contributed by atoms with Crippen LogP contribution < -0.4 is 10.6 Å². The number of alkyl halides is 3. The normalized spacial score (nSPS) is 12.2. The second-order valence-corrected chi connectivity index (χ2v) is 9.19. The highest BCUT2D eigenvalue weighted by Gasteiger charge is 2.30. The predicted molar refractivity (Wildman–Crippen MR) is 126 cm³/mol. The number of amides is 2. The third-order valence-corrected chi connectivity index (χ3v) is 6.05. The monoisotopic (exact) mass is 512 g/mol. The number of nitrogens with one attached hydrogen (secondary N) is 2. The number of carbonyl (C=O) groups is 2. The van der Waals surface area contributed by atoms with Crippen LogP contribution in [0.5, 0.6) is 0 Å². The Morgan fingerprint density at radius 2 is 1.58 bits per heavy atom. The Balaban J connectivity index is 1.64. The maximum absolute atomic E-state index is 12.9. The number of benzene rings is 3. The fourth-order valence-corrected chi connectivity index (χ4v) is 4.21. The Bertz CT molecular complexity index is 1190. The lowest BCUT2D eigenvalue weighted by Crippen LogP contribution is -2.22. The summed E-state index contributed by atoms with van der Waals surface area (Å²) in [5.41, 5.74) is -0.0394. The third kappa shape index (κ3) is 6.90. The van der Waals surface area contributed by atoms with Gasteiger partial charge in [-0.3, -0.25) is 9.59 Å². The van der Waals surface area contributed by atoms with Crippen LogP contribution in [0.3, 0.4) is 0 Å². The van der Waals surface area contributed by atoms with Gasteiger partial charge in [-0.25, -0.2) is 0 Å². The summed E-state index contributed by atoms with van der Waals surface area (Å²) in [6, 6.07) is 15.8. The molecule has 3 aromatic carbocycles. The summed E-state index contributed by atoms with van der Waals surface area (Å²) in [6.07, 6.45) is -4.50. The van der Waals surface area contributed by atoms with E-state index in [1.54, 1.807) is 37.3 Å². The van der Waals surface area contributed by atoms with Crippen LogP contribution in [0.4, 0.5) is 24.5 Å². The first-order valence-electron chi connectivity index (χ1n) is 9.54. The van der Waals surface area contributed by atoms with Crippen molar-refractivity contribution in [3.8, 4) is 0 Å². The SMILES string of the molecule is CC(Sc1cccc(NC(=O)c2ccc(Cl)cc2Cl)c1)C(=O)Nc1cccc(C(F)(F)F)c1. The van der Waals surface area contributed by atoms with Crippen molar-refractivity contribution in [2.75, 3.05) is 10.6 Å². The highest BCUT2D eigenvalue weighted by atomic mass is 35.5. The molecule has 0 radical (unpaired) electrons. The smallest absolute Gasteiger partial charge is 0.325 e. The lowest BCUT2D eigenvalue weighted by molar-refractivity contribution is -0.137. The van der Waals surface area contributed by atoms with Crippen molar-refractivity contribution < 1.29 is 22.8 Å². The van der Waals surface area contributed by atoms with Gasteiger partial charge in [0.2, 0.25) is 5.91 Å². The van der Waals surface area contributed by atoms with Crippen molar-refractivity contribution >= 4 is 58.2 Å². The minimum Gasteiger partial charge on any atom is -0.325 e. The number of thioether (sulfide) groups is 1. The van der Waals surface area contributed by atoms with E-state index in [0.717, 1.165) is 12.1 Å². The summed E-state index contributed by atoms with van der Waals surface area (Å²) < 4.78 is 38.6. The van der Waals surface area contributed by atoms with Crippen LogP contribution in [0.25, 0.3) is 0 Å². The molecule has 3 aromatic rings. The summed E-state index contributed by atoms with van der Waals surface area (Å²) in [5, 5.41) is 5.24. The first-order valence-corrected chi connectivity index (χ1v) is 11.2. The minimum absolute atomic E-state index is 0.0585. The second kappa shape index (κ2) is 10.5. The molecule has 0 aliphatic rings. The average Bonchev–Trinajstić information content (AvgIpc) is 2.73. The molecule has 0 aliphatic heterocycles. The van der Waals surface area contributed by atoms with Crippen LogP contribution in [0.1, 0.15) is 22.8 Å². The van der Waals surface area contributed by atoms with Crippen molar-refractivity contribution in [3.63, 3.8) is 0 Å². The molecule has 1 unspecified atom stereocenters. The van der Waals surface area contributed by atoms with Gasteiger partial charge in [0.1, 0.15) is 0 Å². The van der Waals surface area contributed by atoms with Gasteiger partial charge < -0.3 is 10.6 Å². The summed E-state index contributed by atoms with van der Waals surface area (Å²) in [7, 11) is 0. The lowest BCUT2D eigenvalue weighted by Gasteiger charge is -2.14. The fourth-order valence-electron chi connectivity index (χ4n) is 2.79. The fraction of sp³-hybridized carbons (Fsp3) is 0.130. The minimum atomic E-state index is -4.50. The first kappa shape index (κ1) is 25.0. The molecule has 2 N–H and O–H groups in total. The van der Waals surface area contributed by atoms with E-state index in [2.05, 4.69) is 10.6 Å². The Morgan fingerprint density at radius 1 is 0.909 bits per heavy atom. The van der Waals surface area contributed by atoms with Crippen molar-refractivity contribution in [2.45, 2.75) is 23.2 Å². The van der Waals surface area contributed by atoms with E-state index in [-0.39, 0.29) is 16.3 Å². The molecule has 10 heteroatoms. The van der Waals surface area contributed by atoms with Crippen molar-refractivity contribution in [1.29, 1.82) is 0 Å². The van der Waals surface area contributed by atoms with Gasteiger partial charge in [0.05, 0.1) is 21.4 Å². The van der Waals surface area contributed by atoms with Crippen molar-refractivity contribution in [3.05, 3.63) is 87.9 Å². The van der Waals surface area contributed by atoms with Crippen LogP contribution in [0.2, 0.25) is 10.0 Å². The van der Waals surface area contributed by atoms with E-state index >= 15 is 0 Å². The van der Waals surface area contributed by atoms with E-state index in [0.29, 0.717) is 15.6 Å². The maximum atomic E-state index is 12.9. The highest BCUT2D eigenvalue weighted by Crippen LogP contribution is 2.31. The Kier molecular flexibility index (Phi) is 7.94. The summed E-state index contributed by atoms with van der Waals surface area (Å²) in [4.78, 5) is 25.7. The number of hydrogen-bond acceptors (Lipinski definition) is 3. The molecule has 0 aromatic heterocycles. The van der Waals surface area contributed by atoms with Gasteiger partial charge in [0, 0.05) is 21.3 Å². The second-order valence-electron chi connectivity index (χ2n) is 6.93. The molecule has 0 aliphatic carbocycles. The average molecular weight is 513 g/mol. The molecule has 4 nitrogen and oxygen atoms in total. The highest BCUT2D eigenvalue weighted by molar-refractivity contribution is 8.00. The van der Waals surface area contributed by atoms with Crippen LogP contribution in [-0.4, -0.2) is 17.1 Å². The van der Waals surface area contributed by atoms with E-state index < -0.39 is 28.8 Å². The van der Waals surface area contributed by atoms with Gasteiger partial charge in [-0.1, -0.05) is 35.3 Å². The molecule has 33 heavy (non-hydrogen) atoms. The van der Waals surface area contributed by atoms with Crippen LogP contribution in [-0.2, 0) is 11.0 Å². The number of anilines is 2. The van der Waals surface area contributed by atoms with Gasteiger partial charge in [0.25, 0.3) is 5.91 Å². The Hall–Kier alpha value is -2.68. The first-order chi connectivity index (χ1) is 15.5. The van der Waals surface area contributed by atoms with Crippen molar-refractivity contribution in [1.82, 2.24) is 0 Å². The predicted octanol–water partition coefficient (Wildman–Crippen LogP) is 7.38. The molecule has 0 saturated heterocycles. The molecular weight excluding hydrogens is 496 g/mol. The van der Waals surface area contributed by atoms with E-state index in [1.165, 1.54) is 36.0 Å². The third-order valence-electron chi connectivity index (χ3n) is 4.41. The molecule has 0 fully saturated rings. The van der Waals surface area contributed by atoms with E-state index in [1.807, 2.05) is 0 Å². The van der Waals surface area contributed by atoms with Crippen molar-refractivity contribution in [2.24, 2.45) is 0 Å². The van der Waals surface area contributed by atoms with Gasteiger partial charge in [-0.05, 0) is 61.5 Å². The van der Waals surface area contributed by atoms with Gasteiger partial charge in [0.15, 0.2) is 0 Å². The molecule has 3 rings (SSSR count). The lowest BCUT2D eigenvalue weighted by atomic mass is 10.2. The van der Waals surface area contributed by atoms with Crippen LogP contribution in [0, 0.1) is 0 Å². The zero-order chi connectivity index (χ0) is 24.2. The number of rotatable bonds is 6. The number of hydrogen-bond donors (Lipinski definition) is 2. The topological polar surface area (TPSA) is 58.2 Å². The summed E-state index contributed by atoms with van der Waals surface area (Å²) in [5.74, 6) is -0.879. The molecule has 0 bridgehead atoms. The van der Waals surface area contributed by atoms with Gasteiger partial charge >= 0.3 is 6.18 Å². The molecule has 0 spiro atoms. The summed E-state index contributed by atoms with van der Waals surface area (Å²) >= 11 is 13.1. The quantitative estimate of drug-likeness (QED) is 0.338. The van der Waals surface area contributed by atoms with E-state index in [4.69, 9.17) is 23.2 Å². The molecule has 0 heterocycles. The molecule has 2 amide bonds. The van der Waals surface area contributed by atoms with E-state index in [9.17, 15) is 22.8 Å². The van der Waals surface area contributed by atoms with Gasteiger partial charge in [-0.2, -0.15) is 13.2 Å². The Labute approximate surface area is 202 Å². The Morgan fingerprint density at radius 3 is 2.24 bits per heavy atom. The summed E-state index contributed by atoms with van der Waals surface area (Å²) in [6.45, 7) is 1.63. The zero-order valence-corrected chi connectivity index (χ0v) is 19.4.